The van der Waals surface area contributed by atoms with Gasteiger partial charge in [-0.1, -0.05) is 11.6 Å². The highest BCUT2D eigenvalue weighted by molar-refractivity contribution is 6.33. The fraction of sp³-hybridized carbons (Fsp3) is 0.400. The molecule has 0 aliphatic carbocycles. The number of rotatable bonds is 4. The Balaban J connectivity index is 3.30. The smallest absolute Gasteiger partial charge is 0.146 e. The minimum Gasteiger partial charge on any atom is -0.495 e. The summed E-state index contributed by atoms with van der Waals surface area (Å²) in [5.74, 6) is 6.16. The summed E-state index contributed by atoms with van der Waals surface area (Å²) in [5, 5.41) is 0.437. The van der Waals surface area contributed by atoms with Crippen LogP contribution in [0.1, 0.15) is 11.1 Å². The second-order valence-corrected chi connectivity index (χ2v) is 3.42. The predicted octanol–water partition coefficient (Wildman–Crippen LogP) is 2.06. The van der Waals surface area contributed by atoms with Gasteiger partial charge < -0.3 is 9.47 Å². The lowest BCUT2D eigenvalue weighted by Crippen LogP contribution is -2.03. The third-order valence-electron chi connectivity index (χ3n) is 2.09. The van der Waals surface area contributed by atoms with Gasteiger partial charge in [-0.05, 0) is 18.6 Å². The van der Waals surface area contributed by atoms with Gasteiger partial charge in [0.15, 0.2) is 0 Å². The van der Waals surface area contributed by atoms with Crippen molar-refractivity contribution >= 4 is 11.6 Å². The summed E-state index contributed by atoms with van der Waals surface area (Å²) in [5.41, 5.74) is 1.71. The average molecular weight is 232 g/mol. The topological polar surface area (TPSA) is 53.7 Å². The largest absolute Gasteiger partial charge is 0.495 e. The van der Waals surface area contributed by atoms with E-state index in [-0.39, 0.29) is 6.61 Å². The van der Waals surface area contributed by atoms with E-state index in [2.05, 4.69) is 4.84 Å². The minimum atomic E-state index is 0.244. The van der Waals surface area contributed by atoms with Crippen LogP contribution in [-0.2, 0) is 11.4 Å². The molecule has 0 radical (unpaired) electrons. The van der Waals surface area contributed by atoms with Crippen LogP contribution >= 0.6 is 11.6 Å². The van der Waals surface area contributed by atoms with Crippen LogP contribution in [-0.4, -0.2) is 14.2 Å². The molecule has 0 aromatic heterocycles. The highest BCUT2D eigenvalue weighted by atomic mass is 35.5. The number of methoxy groups -OCH3 is 2. The van der Waals surface area contributed by atoms with Gasteiger partial charge >= 0.3 is 0 Å². The van der Waals surface area contributed by atoms with Crippen LogP contribution in [0.5, 0.6) is 11.5 Å². The maximum Gasteiger partial charge on any atom is 0.146 e. The van der Waals surface area contributed by atoms with Crippen LogP contribution in [0.15, 0.2) is 6.07 Å². The fourth-order valence-electron chi connectivity index (χ4n) is 1.48. The Bertz CT molecular complexity index is 355. The van der Waals surface area contributed by atoms with Crippen LogP contribution in [0.25, 0.3) is 0 Å². The lowest BCUT2D eigenvalue weighted by Gasteiger charge is -2.14. The summed E-state index contributed by atoms with van der Waals surface area (Å²) in [6.45, 7) is 2.14. The molecule has 1 aromatic carbocycles. The molecule has 0 aliphatic rings. The molecule has 0 fully saturated rings. The number of halogens is 1. The van der Waals surface area contributed by atoms with Gasteiger partial charge in [0.05, 0.1) is 20.8 Å². The van der Waals surface area contributed by atoms with Crippen LogP contribution in [0.2, 0.25) is 5.02 Å². The van der Waals surface area contributed by atoms with Gasteiger partial charge in [-0.15, -0.1) is 0 Å². The monoisotopic (exact) mass is 231 g/mol. The molecule has 0 saturated carbocycles. The Morgan fingerprint density at radius 2 is 1.87 bits per heavy atom. The van der Waals surface area contributed by atoms with Crippen molar-refractivity contribution in [1.29, 1.82) is 0 Å². The fourth-order valence-corrected chi connectivity index (χ4v) is 1.90. The molecule has 0 heterocycles. The van der Waals surface area contributed by atoms with Crippen LogP contribution < -0.4 is 15.4 Å². The Morgan fingerprint density at radius 1 is 1.27 bits per heavy atom. The third kappa shape index (κ3) is 2.34. The van der Waals surface area contributed by atoms with Gasteiger partial charge in [0.2, 0.25) is 0 Å². The van der Waals surface area contributed by atoms with E-state index in [1.165, 1.54) is 7.11 Å². The summed E-state index contributed by atoms with van der Waals surface area (Å²) in [4.78, 5) is 4.57. The Labute approximate surface area is 93.8 Å². The number of hydrogen-bond acceptors (Lipinski definition) is 4. The van der Waals surface area contributed by atoms with Crippen molar-refractivity contribution in [2.45, 2.75) is 13.5 Å². The van der Waals surface area contributed by atoms with Gasteiger partial charge in [-0.3, -0.25) is 4.84 Å². The Hall–Kier alpha value is -0.970. The van der Waals surface area contributed by atoms with E-state index in [0.29, 0.717) is 16.5 Å². The molecule has 0 aliphatic heterocycles. The molecule has 1 rings (SSSR count). The maximum absolute atomic E-state index is 6.11. The standard InChI is InChI=1S/C10H14ClNO3/c1-6-4-7(5-15-12)10(14-3)8(11)9(6)13-2/h4H,5,12H2,1-3H3. The first-order chi connectivity index (χ1) is 7.15. The van der Waals surface area contributed by atoms with E-state index in [1.807, 2.05) is 13.0 Å². The average Bonchev–Trinajstić information content (AvgIpc) is 2.19. The molecule has 0 saturated heterocycles. The lowest BCUT2D eigenvalue weighted by molar-refractivity contribution is 0.122. The second-order valence-electron chi connectivity index (χ2n) is 3.04. The van der Waals surface area contributed by atoms with Crippen molar-refractivity contribution in [3.63, 3.8) is 0 Å². The van der Waals surface area contributed by atoms with Gasteiger partial charge in [-0.2, -0.15) is 0 Å². The molecule has 4 nitrogen and oxygen atoms in total. The molecule has 0 unspecified atom stereocenters. The Kier molecular flexibility index (Phi) is 4.20. The second kappa shape index (κ2) is 5.21. The summed E-state index contributed by atoms with van der Waals surface area (Å²) in [7, 11) is 3.10. The zero-order chi connectivity index (χ0) is 11.4. The SMILES string of the molecule is COc1c(C)cc(CON)c(OC)c1Cl. The van der Waals surface area contributed by atoms with E-state index in [4.69, 9.17) is 27.0 Å². The highest BCUT2D eigenvalue weighted by Crippen LogP contribution is 2.39. The van der Waals surface area contributed by atoms with E-state index in [9.17, 15) is 0 Å². The van der Waals surface area contributed by atoms with E-state index < -0.39 is 0 Å². The normalized spacial score (nSPS) is 10.2. The van der Waals surface area contributed by atoms with Crippen molar-refractivity contribution < 1.29 is 14.3 Å². The molecule has 1 aromatic rings. The van der Waals surface area contributed by atoms with Gasteiger partial charge in [0.1, 0.15) is 16.5 Å². The first-order valence-corrected chi connectivity index (χ1v) is 4.75. The predicted molar refractivity (Wildman–Crippen MR) is 58.3 cm³/mol. The summed E-state index contributed by atoms with van der Waals surface area (Å²) >= 11 is 6.11. The molecule has 2 N–H and O–H groups in total. The van der Waals surface area contributed by atoms with Crippen molar-refractivity contribution in [1.82, 2.24) is 0 Å². The minimum absolute atomic E-state index is 0.244. The van der Waals surface area contributed by atoms with Crippen molar-refractivity contribution in [2.24, 2.45) is 5.90 Å². The number of benzene rings is 1. The van der Waals surface area contributed by atoms with Crippen molar-refractivity contribution in [2.75, 3.05) is 14.2 Å². The lowest BCUT2D eigenvalue weighted by atomic mass is 10.1. The molecule has 5 heteroatoms. The molecule has 15 heavy (non-hydrogen) atoms. The van der Waals surface area contributed by atoms with Crippen LogP contribution in [0.3, 0.4) is 0 Å². The van der Waals surface area contributed by atoms with Crippen molar-refractivity contribution in [3.8, 4) is 11.5 Å². The van der Waals surface area contributed by atoms with E-state index in [1.54, 1.807) is 7.11 Å². The van der Waals surface area contributed by atoms with Gasteiger partial charge in [0.25, 0.3) is 0 Å². The third-order valence-corrected chi connectivity index (χ3v) is 2.43. The molecule has 0 spiro atoms. The molecule has 0 bridgehead atoms. The first-order valence-electron chi connectivity index (χ1n) is 4.37. The molecular formula is C10H14ClNO3. The Morgan fingerprint density at radius 3 is 2.33 bits per heavy atom. The van der Waals surface area contributed by atoms with Gasteiger partial charge in [0, 0.05) is 5.56 Å². The molecule has 0 atom stereocenters. The summed E-state index contributed by atoms with van der Waals surface area (Å²) in [6.07, 6.45) is 0. The van der Waals surface area contributed by atoms with Crippen molar-refractivity contribution in [3.05, 3.63) is 22.2 Å². The maximum atomic E-state index is 6.11. The van der Waals surface area contributed by atoms with Crippen LogP contribution in [0.4, 0.5) is 0 Å². The number of ether oxygens (including phenoxy) is 2. The molecule has 84 valence electrons. The van der Waals surface area contributed by atoms with Gasteiger partial charge in [-0.25, -0.2) is 5.90 Å². The summed E-state index contributed by atoms with van der Waals surface area (Å²) in [6, 6.07) is 1.87. The van der Waals surface area contributed by atoms with E-state index >= 15 is 0 Å². The highest BCUT2D eigenvalue weighted by Gasteiger charge is 2.15. The molecular weight excluding hydrogens is 218 g/mol. The quantitative estimate of drug-likeness (QED) is 0.806. The molecule has 0 amide bonds. The zero-order valence-corrected chi connectivity index (χ0v) is 9.72. The number of hydrogen-bond donors (Lipinski definition) is 1. The number of nitrogens with two attached hydrogens (primary N) is 1. The van der Waals surface area contributed by atoms with E-state index in [0.717, 1.165) is 11.1 Å². The zero-order valence-electron chi connectivity index (χ0n) is 8.96. The first kappa shape index (κ1) is 12.1. The number of aryl methyl sites for hydroxylation is 1. The van der Waals surface area contributed by atoms with Crippen LogP contribution in [0, 0.1) is 6.92 Å². The summed E-state index contributed by atoms with van der Waals surface area (Å²) < 4.78 is 10.3.